The molecule has 0 unspecified atom stereocenters. The molecule has 1 amide bonds. The van der Waals surface area contributed by atoms with E-state index in [1.54, 1.807) is 22.6 Å². The second kappa shape index (κ2) is 9.22. The molecule has 0 radical (unpaired) electrons. The van der Waals surface area contributed by atoms with E-state index in [0.717, 1.165) is 61.0 Å². The quantitative estimate of drug-likeness (QED) is 0.492. The van der Waals surface area contributed by atoms with Crippen molar-refractivity contribution in [3.05, 3.63) is 75.3 Å². The third kappa shape index (κ3) is 4.72. The predicted octanol–water partition coefficient (Wildman–Crippen LogP) is 4.53. The minimum absolute atomic E-state index is 0.0504. The van der Waals surface area contributed by atoms with Crippen LogP contribution in [0, 0.1) is 11.3 Å². The van der Waals surface area contributed by atoms with Crippen LogP contribution in [0.3, 0.4) is 0 Å². The molecule has 38 heavy (non-hydrogen) atoms. The second-order valence-electron chi connectivity index (χ2n) is 11.3. The van der Waals surface area contributed by atoms with Crippen molar-refractivity contribution in [3.63, 3.8) is 0 Å². The van der Waals surface area contributed by atoms with Crippen molar-refractivity contribution >= 4 is 16.8 Å². The molecule has 3 aliphatic rings. The Morgan fingerprint density at radius 1 is 1.13 bits per heavy atom. The Labute approximate surface area is 219 Å². The van der Waals surface area contributed by atoms with Crippen LogP contribution in [0.5, 0.6) is 0 Å². The van der Waals surface area contributed by atoms with Crippen molar-refractivity contribution in [2.45, 2.75) is 51.4 Å². The zero-order chi connectivity index (χ0) is 26.7. The van der Waals surface area contributed by atoms with E-state index in [9.17, 15) is 22.8 Å². The Morgan fingerprint density at radius 2 is 1.92 bits per heavy atom. The van der Waals surface area contributed by atoms with Crippen molar-refractivity contribution < 1.29 is 18.0 Å². The maximum absolute atomic E-state index is 14.1. The monoisotopic (exact) mass is 524 g/mol. The van der Waals surface area contributed by atoms with Crippen LogP contribution in [0.1, 0.15) is 48.1 Å². The maximum atomic E-state index is 14.1. The molecule has 2 aliphatic heterocycles. The summed E-state index contributed by atoms with van der Waals surface area (Å²) in [6.45, 7) is 2.76. The van der Waals surface area contributed by atoms with Crippen LogP contribution in [0.2, 0.25) is 0 Å². The Kier molecular flexibility index (Phi) is 6.09. The molecule has 1 aromatic carbocycles. The lowest BCUT2D eigenvalue weighted by Crippen LogP contribution is -2.47. The van der Waals surface area contributed by atoms with E-state index in [2.05, 4.69) is 16.0 Å². The van der Waals surface area contributed by atoms with E-state index in [0.29, 0.717) is 43.2 Å². The summed E-state index contributed by atoms with van der Waals surface area (Å²) in [5.74, 6) is 0.612. The summed E-state index contributed by atoms with van der Waals surface area (Å²) in [5.41, 5.74) is 1.79. The molecule has 4 heterocycles. The normalized spacial score (nSPS) is 22.2. The van der Waals surface area contributed by atoms with Crippen molar-refractivity contribution in [2.24, 2.45) is 18.4 Å². The summed E-state index contributed by atoms with van der Waals surface area (Å²) < 4.78 is 41.5. The highest BCUT2D eigenvalue weighted by molar-refractivity contribution is 5.84. The lowest BCUT2D eigenvalue weighted by Gasteiger charge is -2.37. The molecule has 200 valence electrons. The number of fused-ring (bicyclic) bond motifs is 2. The van der Waals surface area contributed by atoms with Gasteiger partial charge >= 0.3 is 6.18 Å². The number of carbonyl (C=O) groups is 1. The summed E-state index contributed by atoms with van der Waals surface area (Å²) in [6.07, 6.45) is 0.757. The number of rotatable bonds is 5. The van der Waals surface area contributed by atoms with Crippen LogP contribution in [-0.4, -0.2) is 44.9 Å². The van der Waals surface area contributed by atoms with Gasteiger partial charge in [-0.2, -0.15) is 13.2 Å². The zero-order valence-electron chi connectivity index (χ0n) is 21.4. The van der Waals surface area contributed by atoms with E-state index in [4.69, 9.17) is 0 Å². The molecule has 6 rings (SSSR count). The van der Waals surface area contributed by atoms with Crippen LogP contribution in [-0.2, 0) is 37.5 Å². The lowest BCUT2D eigenvalue weighted by molar-refractivity contribution is -0.143. The molecular formula is C29H31F3N4O2. The average Bonchev–Trinajstić information content (AvgIpc) is 3.62. The second-order valence-corrected chi connectivity index (χ2v) is 11.3. The molecule has 1 saturated carbocycles. The number of carbonyl (C=O) groups excluding carboxylic acids is 1. The highest BCUT2D eigenvalue weighted by Gasteiger charge is 2.49. The fourth-order valence-electron chi connectivity index (χ4n) is 6.26. The van der Waals surface area contributed by atoms with Crippen LogP contribution >= 0.6 is 0 Å². The molecule has 2 aromatic heterocycles. The zero-order valence-corrected chi connectivity index (χ0v) is 21.4. The van der Waals surface area contributed by atoms with E-state index in [1.165, 1.54) is 0 Å². The highest BCUT2D eigenvalue weighted by atomic mass is 19.4. The third-order valence-corrected chi connectivity index (χ3v) is 8.52. The van der Waals surface area contributed by atoms with Gasteiger partial charge in [-0.05, 0) is 60.0 Å². The topological polar surface area (TPSA) is 58.4 Å². The van der Waals surface area contributed by atoms with E-state index < -0.39 is 17.2 Å². The standard InChI is InChI=1S/C29H31F3N4O2/c1-34-25-12-20(4-5-21(25)6-7-26(34)37)16-35-11-9-28(18-35,14-19-2-3-19)27(38)36-10-8-24-22(17-36)13-23(15-33-24)29(30,31)32/h4-7,12-13,15,19H,2-3,8-11,14,16-18H2,1H3/t28-/m1/s1. The summed E-state index contributed by atoms with van der Waals surface area (Å²) in [4.78, 5) is 34.3. The van der Waals surface area contributed by atoms with E-state index in [-0.39, 0.29) is 18.0 Å². The molecular weight excluding hydrogens is 493 g/mol. The van der Waals surface area contributed by atoms with Gasteiger partial charge in [0.2, 0.25) is 5.91 Å². The van der Waals surface area contributed by atoms with Gasteiger partial charge in [0, 0.05) is 57.6 Å². The Hall–Kier alpha value is -3.20. The van der Waals surface area contributed by atoms with Gasteiger partial charge in [0.05, 0.1) is 16.5 Å². The van der Waals surface area contributed by atoms with Gasteiger partial charge in [0.15, 0.2) is 0 Å². The van der Waals surface area contributed by atoms with E-state index >= 15 is 0 Å². The molecule has 0 N–H and O–H groups in total. The van der Waals surface area contributed by atoms with Gasteiger partial charge in [-0.15, -0.1) is 0 Å². The number of benzene rings is 1. The molecule has 1 aliphatic carbocycles. The predicted molar refractivity (Wildman–Crippen MR) is 137 cm³/mol. The molecule has 1 atom stereocenters. The van der Waals surface area contributed by atoms with Crippen molar-refractivity contribution in [1.82, 2.24) is 19.4 Å². The van der Waals surface area contributed by atoms with Crippen LogP contribution in [0.25, 0.3) is 10.9 Å². The minimum Gasteiger partial charge on any atom is -0.337 e. The fraction of sp³-hybridized carbons (Fsp3) is 0.483. The summed E-state index contributed by atoms with van der Waals surface area (Å²) >= 11 is 0. The van der Waals surface area contributed by atoms with E-state index in [1.807, 2.05) is 18.2 Å². The minimum atomic E-state index is -4.46. The molecule has 6 nitrogen and oxygen atoms in total. The first-order valence-corrected chi connectivity index (χ1v) is 13.3. The number of hydrogen-bond acceptors (Lipinski definition) is 4. The fourth-order valence-corrected chi connectivity index (χ4v) is 6.26. The number of pyridine rings is 2. The molecule has 3 aromatic rings. The van der Waals surface area contributed by atoms with Gasteiger partial charge in [-0.25, -0.2) is 0 Å². The van der Waals surface area contributed by atoms with Gasteiger partial charge in [-0.1, -0.05) is 25.0 Å². The largest absolute Gasteiger partial charge is 0.417 e. The number of nitrogens with zero attached hydrogens (tertiary/aromatic N) is 4. The number of amides is 1. The third-order valence-electron chi connectivity index (χ3n) is 8.52. The Morgan fingerprint density at radius 3 is 2.68 bits per heavy atom. The summed E-state index contributed by atoms with van der Waals surface area (Å²) in [7, 11) is 1.77. The first kappa shape index (κ1) is 25.1. The van der Waals surface area contributed by atoms with Crippen molar-refractivity contribution in [1.29, 1.82) is 0 Å². The lowest BCUT2D eigenvalue weighted by atomic mass is 9.79. The van der Waals surface area contributed by atoms with Crippen molar-refractivity contribution in [3.8, 4) is 0 Å². The molecule has 2 fully saturated rings. The number of aryl methyl sites for hydroxylation is 1. The van der Waals surface area contributed by atoms with Crippen LogP contribution in [0.15, 0.2) is 47.4 Å². The number of halogens is 3. The molecule has 0 spiro atoms. The Bertz CT molecular complexity index is 1460. The SMILES string of the molecule is Cn1c(=O)ccc2ccc(CN3CC[C@](CC4CC4)(C(=O)N4CCc5ncc(C(F)(F)F)cc5C4)C3)cc21. The molecule has 1 saturated heterocycles. The van der Waals surface area contributed by atoms with Crippen LogP contribution < -0.4 is 5.56 Å². The summed E-state index contributed by atoms with van der Waals surface area (Å²) in [6, 6.07) is 10.7. The summed E-state index contributed by atoms with van der Waals surface area (Å²) in [5, 5.41) is 1.00. The Balaban J connectivity index is 1.21. The first-order chi connectivity index (χ1) is 18.1. The van der Waals surface area contributed by atoms with Gasteiger partial charge in [0.1, 0.15) is 0 Å². The maximum Gasteiger partial charge on any atom is 0.417 e. The number of aromatic nitrogens is 2. The van der Waals surface area contributed by atoms with Crippen LogP contribution in [0.4, 0.5) is 13.2 Å². The smallest absolute Gasteiger partial charge is 0.337 e. The van der Waals surface area contributed by atoms with Crippen molar-refractivity contribution in [2.75, 3.05) is 19.6 Å². The number of hydrogen-bond donors (Lipinski definition) is 0. The number of alkyl halides is 3. The van der Waals surface area contributed by atoms with Gasteiger partial charge in [0.25, 0.3) is 5.56 Å². The molecule has 9 heteroatoms. The average molecular weight is 525 g/mol. The molecule has 0 bridgehead atoms. The van der Waals surface area contributed by atoms with Gasteiger partial charge < -0.3 is 9.47 Å². The highest BCUT2D eigenvalue weighted by Crippen LogP contribution is 2.47. The first-order valence-electron chi connectivity index (χ1n) is 13.3. The van der Waals surface area contributed by atoms with Gasteiger partial charge in [-0.3, -0.25) is 19.5 Å². The number of likely N-dealkylation sites (tertiary alicyclic amines) is 1.